The van der Waals surface area contributed by atoms with Crippen molar-refractivity contribution < 1.29 is 4.79 Å². The number of amides is 1. The molecule has 0 aliphatic carbocycles. The van der Waals surface area contributed by atoms with Crippen molar-refractivity contribution in [2.24, 2.45) is 0 Å². The van der Waals surface area contributed by atoms with Gasteiger partial charge in [0, 0.05) is 11.4 Å². The van der Waals surface area contributed by atoms with Gasteiger partial charge in [0.25, 0.3) is 0 Å². The van der Waals surface area contributed by atoms with E-state index in [1.54, 1.807) is 0 Å². The van der Waals surface area contributed by atoms with Crippen LogP contribution in [0.4, 0.5) is 5.69 Å². The third-order valence-electron chi connectivity index (χ3n) is 6.20. The summed E-state index contributed by atoms with van der Waals surface area (Å²) in [6.07, 6.45) is 0. The lowest BCUT2D eigenvalue weighted by atomic mass is 9.99. The minimum absolute atomic E-state index is 0.0742. The van der Waals surface area contributed by atoms with Crippen molar-refractivity contribution in [2.45, 2.75) is 24.7 Å². The van der Waals surface area contributed by atoms with Gasteiger partial charge in [-0.2, -0.15) is 0 Å². The number of aryl methyl sites for hydroxylation is 1. The highest BCUT2D eigenvalue weighted by atomic mass is 32.2. The van der Waals surface area contributed by atoms with E-state index in [4.69, 9.17) is 0 Å². The lowest BCUT2D eigenvalue weighted by Crippen LogP contribution is -2.30. The van der Waals surface area contributed by atoms with Crippen LogP contribution in [-0.4, -0.2) is 26.4 Å². The van der Waals surface area contributed by atoms with E-state index in [1.807, 2.05) is 108 Å². The Kier molecular flexibility index (Phi) is 8.16. The second-order valence-corrected chi connectivity index (χ2v) is 9.79. The predicted octanol–water partition coefficient (Wildman–Crippen LogP) is 6.19. The highest BCUT2D eigenvalue weighted by molar-refractivity contribution is 7.99. The Morgan fingerprint density at radius 3 is 2.00 bits per heavy atom. The lowest BCUT2D eigenvalue weighted by Gasteiger charge is -2.20. The van der Waals surface area contributed by atoms with E-state index in [9.17, 15) is 4.79 Å². The number of carbonyl (C=O) groups excluding carboxylic acids is 1. The Hall–Kier alpha value is -4.36. The summed E-state index contributed by atoms with van der Waals surface area (Å²) in [5.74, 6) is 0.913. The van der Waals surface area contributed by atoms with Crippen LogP contribution in [0.2, 0.25) is 0 Å². The first kappa shape index (κ1) is 25.3. The zero-order valence-electron chi connectivity index (χ0n) is 21.1. The molecule has 5 rings (SSSR count). The summed E-state index contributed by atoms with van der Waals surface area (Å²) in [4.78, 5) is 13.2. The molecule has 38 heavy (non-hydrogen) atoms. The molecule has 190 valence electrons. The highest BCUT2D eigenvalue weighted by Crippen LogP contribution is 2.25. The number of rotatable bonds is 10. The Bertz CT molecular complexity index is 1430. The Balaban J connectivity index is 1.33. The van der Waals surface area contributed by atoms with Crippen molar-refractivity contribution in [1.29, 1.82) is 0 Å². The Morgan fingerprint density at radius 1 is 0.789 bits per heavy atom. The van der Waals surface area contributed by atoms with E-state index in [2.05, 4.69) is 39.9 Å². The molecule has 0 atom stereocenters. The van der Waals surface area contributed by atoms with E-state index in [0.29, 0.717) is 11.7 Å². The summed E-state index contributed by atoms with van der Waals surface area (Å²) in [5.41, 5.74) is 5.24. The fraction of sp³-hybridized carbons (Fsp3) is 0.129. The maximum absolute atomic E-state index is 13.2. The van der Waals surface area contributed by atoms with Gasteiger partial charge in [0.2, 0.25) is 5.91 Å². The van der Waals surface area contributed by atoms with Gasteiger partial charge in [-0.25, -0.2) is 0 Å². The maximum atomic E-state index is 13.2. The van der Waals surface area contributed by atoms with Crippen LogP contribution in [0, 0.1) is 6.92 Å². The second-order valence-electron chi connectivity index (χ2n) is 8.85. The normalized spacial score (nSPS) is 10.9. The number of anilines is 1. The number of hydrogen-bond acceptors (Lipinski definition) is 5. The highest BCUT2D eigenvalue weighted by Gasteiger charge is 2.19. The average Bonchev–Trinajstić information content (AvgIpc) is 3.38. The SMILES string of the molecule is Cc1ccccc1NCc1nnc(SCC(=O)NC(c2ccccc2)c2ccccc2)n1-c1ccccc1. The molecule has 6 nitrogen and oxygen atoms in total. The fourth-order valence-corrected chi connectivity index (χ4v) is 5.06. The number of hydrogen-bond donors (Lipinski definition) is 2. The Labute approximate surface area is 227 Å². The van der Waals surface area contributed by atoms with Crippen LogP contribution < -0.4 is 10.6 Å². The molecule has 0 saturated carbocycles. The summed E-state index contributed by atoms with van der Waals surface area (Å²) in [6, 6.07) is 37.9. The third kappa shape index (κ3) is 6.12. The number of aromatic nitrogens is 3. The van der Waals surface area contributed by atoms with Crippen LogP contribution in [0.5, 0.6) is 0 Å². The van der Waals surface area contributed by atoms with E-state index in [0.717, 1.165) is 33.9 Å². The van der Waals surface area contributed by atoms with Crippen LogP contribution >= 0.6 is 11.8 Å². The second kappa shape index (κ2) is 12.3. The molecule has 1 heterocycles. The van der Waals surface area contributed by atoms with E-state index in [-0.39, 0.29) is 17.7 Å². The average molecular weight is 520 g/mol. The van der Waals surface area contributed by atoms with Crippen molar-refractivity contribution >= 4 is 23.4 Å². The summed E-state index contributed by atoms with van der Waals surface area (Å²) >= 11 is 1.38. The molecule has 1 amide bonds. The zero-order valence-corrected chi connectivity index (χ0v) is 21.9. The summed E-state index contributed by atoms with van der Waals surface area (Å²) in [5, 5.41) is 16.3. The Morgan fingerprint density at radius 2 is 1.37 bits per heavy atom. The molecule has 5 aromatic rings. The number of carbonyl (C=O) groups is 1. The van der Waals surface area contributed by atoms with E-state index >= 15 is 0 Å². The summed E-state index contributed by atoms with van der Waals surface area (Å²) in [6.45, 7) is 2.58. The first-order chi connectivity index (χ1) is 18.7. The molecule has 0 saturated heterocycles. The number of thioether (sulfide) groups is 1. The zero-order chi connectivity index (χ0) is 26.2. The summed E-state index contributed by atoms with van der Waals surface area (Å²) in [7, 11) is 0. The molecule has 0 aliphatic heterocycles. The molecular weight excluding hydrogens is 490 g/mol. The maximum Gasteiger partial charge on any atom is 0.231 e. The first-order valence-corrected chi connectivity index (χ1v) is 13.5. The van der Waals surface area contributed by atoms with E-state index < -0.39 is 0 Å². The number of nitrogens with one attached hydrogen (secondary N) is 2. The topological polar surface area (TPSA) is 71.8 Å². The van der Waals surface area contributed by atoms with Gasteiger partial charge in [0.1, 0.15) is 0 Å². The van der Waals surface area contributed by atoms with Crippen molar-refractivity contribution in [2.75, 3.05) is 11.1 Å². The largest absolute Gasteiger partial charge is 0.378 e. The third-order valence-corrected chi connectivity index (χ3v) is 7.13. The molecule has 2 N–H and O–H groups in total. The van der Waals surface area contributed by atoms with Crippen molar-refractivity contribution in [3.05, 3.63) is 138 Å². The molecule has 0 unspecified atom stereocenters. The lowest BCUT2D eigenvalue weighted by molar-refractivity contribution is -0.119. The van der Waals surface area contributed by atoms with Crippen LogP contribution in [0.25, 0.3) is 5.69 Å². The summed E-state index contributed by atoms with van der Waals surface area (Å²) < 4.78 is 2.01. The predicted molar refractivity (Wildman–Crippen MR) is 153 cm³/mol. The van der Waals surface area contributed by atoms with Crippen LogP contribution in [0.1, 0.15) is 28.6 Å². The first-order valence-electron chi connectivity index (χ1n) is 12.5. The molecular formula is C31H29N5OS. The number of nitrogens with zero attached hydrogens (tertiary/aromatic N) is 3. The van der Waals surface area contributed by atoms with Gasteiger partial charge in [-0.1, -0.05) is 109 Å². The molecule has 0 radical (unpaired) electrons. The van der Waals surface area contributed by atoms with Crippen LogP contribution in [0.3, 0.4) is 0 Å². The van der Waals surface area contributed by atoms with Crippen molar-refractivity contribution in [3.8, 4) is 5.69 Å². The molecule has 0 bridgehead atoms. The molecule has 1 aromatic heterocycles. The number of para-hydroxylation sites is 2. The number of benzene rings is 4. The monoisotopic (exact) mass is 519 g/mol. The van der Waals surface area contributed by atoms with Crippen molar-refractivity contribution in [1.82, 2.24) is 20.1 Å². The minimum Gasteiger partial charge on any atom is -0.378 e. The molecule has 4 aromatic carbocycles. The van der Waals surface area contributed by atoms with Gasteiger partial charge in [-0.3, -0.25) is 9.36 Å². The van der Waals surface area contributed by atoms with Gasteiger partial charge in [-0.15, -0.1) is 10.2 Å². The van der Waals surface area contributed by atoms with Gasteiger partial charge in [0.15, 0.2) is 11.0 Å². The van der Waals surface area contributed by atoms with Crippen molar-refractivity contribution in [3.63, 3.8) is 0 Å². The van der Waals surface area contributed by atoms with Gasteiger partial charge in [0.05, 0.1) is 18.3 Å². The fourth-order valence-electron chi connectivity index (χ4n) is 4.27. The molecule has 0 fully saturated rings. The smallest absolute Gasteiger partial charge is 0.231 e. The van der Waals surface area contributed by atoms with Gasteiger partial charge >= 0.3 is 0 Å². The molecule has 7 heteroatoms. The molecule has 0 spiro atoms. The van der Waals surface area contributed by atoms with Crippen LogP contribution in [-0.2, 0) is 11.3 Å². The van der Waals surface area contributed by atoms with Crippen LogP contribution in [0.15, 0.2) is 120 Å². The minimum atomic E-state index is -0.230. The standard InChI is InChI=1S/C31H29N5OS/c1-23-13-11-12-20-27(23)32-21-28-34-35-31(36(28)26-18-9-4-10-19-26)38-22-29(37)33-30(24-14-5-2-6-15-24)25-16-7-3-8-17-25/h2-20,30,32H,21-22H2,1H3,(H,33,37). The molecule has 0 aliphatic rings. The van der Waals surface area contributed by atoms with Gasteiger partial charge < -0.3 is 10.6 Å². The quantitative estimate of drug-likeness (QED) is 0.215. The van der Waals surface area contributed by atoms with E-state index in [1.165, 1.54) is 11.8 Å². The van der Waals surface area contributed by atoms with Gasteiger partial charge in [-0.05, 0) is 41.8 Å².